The molecule has 0 saturated carbocycles. The third kappa shape index (κ3) is 4.12. The number of nitrogens with zero attached hydrogens (tertiary/aromatic N) is 6. The molecule has 0 N–H and O–H groups in total. The Bertz CT molecular complexity index is 1360. The maximum atomic E-state index is 9.32. The highest BCUT2D eigenvalue weighted by Gasteiger charge is 2.16. The van der Waals surface area contributed by atoms with Gasteiger partial charge in [-0.05, 0) is 36.4 Å². The molecule has 3 heterocycles. The van der Waals surface area contributed by atoms with Crippen LogP contribution >= 0.6 is 34.0 Å². The second kappa shape index (κ2) is 9.35. The molecule has 0 aromatic carbocycles. The van der Waals surface area contributed by atoms with Crippen LogP contribution in [0, 0.1) is 68.0 Å². The normalized spacial score (nSPS) is 9.10. The van der Waals surface area contributed by atoms with Gasteiger partial charge in [0.2, 0.25) is 0 Å². The molecule has 0 aliphatic heterocycles. The Morgan fingerprint density at radius 3 is 1.10 bits per heavy atom. The van der Waals surface area contributed by atoms with Crippen LogP contribution in [-0.4, -0.2) is 0 Å². The predicted molar refractivity (Wildman–Crippen MR) is 118 cm³/mol. The summed E-state index contributed by atoms with van der Waals surface area (Å²) < 4.78 is 0. The Balaban J connectivity index is 1.96. The molecule has 31 heavy (non-hydrogen) atoms. The molecule has 3 rings (SSSR count). The summed E-state index contributed by atoms with van der Waals surface area (Å²) in [6.07, 6.45) is 0. The predicted octanol–water partition coefficient (Wildman–Crippen LogP) is 5.85. The minimum Gasteiger partial charge on any atom is -0.192 e. The first-order chi connectivity index (χ1) is 15.1. The molecule has 0 saturated heterocycles. The van der Waals surface area contributed by atoms with Crippen molar-refractivity contribution in [3.05, 3.63) is 57.3 Å². The maximum Gasteiger partial charge on any atom is 0.148 e. The van der Waals surface area contributed by atoms with Gasteiger partial charge in [0.25, 0.3) is 0 Å². The van der Waals surface area contributed by atoms with Crippen LogP contribution in [-0.2, 0) is 0 Å². The topological polar surface area (TPSA) is 143 Å². The van der Waals surface area contributed by atoms with Crippen LogP contribution in [0.5, 0.6) is 0 Å². The van der Waals surface area contributed by atoms with E-state index in [9.17, 15) is 10.5 Å². The Labute approximate surface area is 189 Å². The fraction of sp³-hybridized carbons (Fsp3) is 0. The smallest absolute Gasteiger partial charge is 0.148 e. The Kier molecular flexibility index (Phi) is 6.40. The molecule has 0 amide bonds. The zero-order chi connectivity index (χ0) is 22.4. The van der Waals surface area contributed by atoms with E-state index in [2.05, 4.69) is 0 Å². The molecule has 0 unspecified atom stereocenters. The molecule has 0 aliphatic carbocycles. The van der Waals surface area contributed by atoms with Crippen molar-refractivity contribution in [2.45, 2.75) is 0 Å². The Morgan fingerprint density at radius 2 is 0.774 bits per heavy atom. The van der Waals surface area contributed by atoms with E-state index in [1.165, 1.54) is 34.0 Å². The van der Waals surface area contributed by atoms with Crippen molar-refractivity contribution in [2.24, 2.45) is 0 Å². The third-order valence-corrected chi connectivity index (χ3v) is 7.65. The largest absolute Gasteiger partial charge is 0.192 e. The fourth-order valence-corrected chi connectivity index (χ4v) is 5.76. The van der Waals surface area contributed by atoms with Crippen molar-refractivity contribution in [3.63, 3.8) is 0 Å². The highest BCUT2D eigenvalue weighted by molar-refractivity contribution is 7.27. The second-order valence-electron chi connectivity index (χ2n) is 5.66. The van der Waals surface area contributed by atoms with Crippen LogP contribution in [0.2, 0.25) is 0 Å². The molecule has 0 bridgehead atoms. The lowest BCUT2D eigenvalue weighted by Crippen LogP contribution is -1.81. The molecular weight excluding hydrogens is 444 g/mol. The summed E-state index contributed by atoms with van der Waals surface area (Å²) in [5.41, 5.74) is -0.321. The van der Waals surface area contributed by atoms with Gasteiger partial charge in [-0.15, -0.1) is 34.0 Å². The van der Waals surface area contributed by atoms with Gasteiger partial charge in [-0.1, -0.05) is 0 Å². The van der Waals surface area contributed by atoms with Crippen LogP contribution in [0.25, 0.3) is 30.7 Å². The Hall–Kier alpha value is -4.48. The quantitative estimate of drug-likeness (QED) is 0.456. The van der Waals surface area contributed by atoms with E-state index in [-0.39, 0.29) is 22.3 Å². The highest BCUT2D eigenvalue weighted by atomic mass is 32.1. The number of hydrogen-bond acceptors (Lipinski definition) is 9. The zero-order valence-electron chi connectivity index (χ0n) is 15.4. The highest BCUT2D eigenvalue weighted by Crippen LogP contribution is 2.42. The van der Waals surface area contributed by atoms with Crippen molar-refractivity contribution in [2.75, 3.05) is 0 Å². The lowest BCUT2D eigenvalue weighted by molar-refractivity contribution is 1.46. The number of nitriles is 6. The van der Waals surface area contributed by atoms with Crippen LogP contribution < -0.4 is 0 Å². The van der Waals surface area contributed by atoms with Gasteiger partial charge in [0.15, 0.2) is 0 Å². The van der Waals surface area contributed by atoms with E-state index in [0.717, 1.165) is 19.5 Å². The van der Waals surface area contributed by atoms with Crippen molar-refractivity contribution >= 4 is 45.2 Å². The lowest BCUT2D eigenvalue weighted by atomic mass is 10.1. The first kappa shape index (κ1) is 21.2. The second-order valence-corrected chi connectivity index (χ2v) is 8.91. The number of rotatable bonds is 4. The third-order valence-electron chi connectivity index (χ3n) is 3.97. The summed E-state index contributed by atoms with van der Waals surface area (Å²) in [4.78, 5) is 4.76. The summed E-state index contributed by atoms with van der Waals surface area (Å²) in [6.45, 7) is 0. The molecule has 3 aromatic heterocycles. The summed E-state index contributed by atoms with van der Waals surface area (Å²) in [5, 5.41) is 54.8. The van der Waals surface area contributed by atoms with Crippen LogP contribution in [0.1, 0.15) is 9.75 Å². The number of thiophene rings is 3. The molecule has 0 radical (unpaired) electrons. The molecule has 0 spiro atoms. The van der Waals surface area contributed by atoms with Gasteiger partial charge < -0.3 is 0 Å². The van der Waals surface area contributed by atoms with Crippen molar-refractivity contribution in [3.8, 4) is 55.9 Å². The van der Waals surface area contributed by atoms with Crippen LogP contribution in [0.15, 0.2) is 47.5 Å². The van der Waals surface area contributed by atoms with Gasteiger partial charge in [0.05, 0.1) is 11.1 Å². The zero-order valence-corrected chi connectivity index (χ0v) is 17.8. The number of allylic oxidation sites excluding steroid dienone is 4. The minimum atomic E-state index is -0.218. The molecule has 0 aliphatic rings. The standard InChI is InChI=1S/C22H6N6S3/c23-7-13(8-24)15(11-27)17-1-3-19(29-17)21-5-6-22(31-21)20-4-2-18(30-20)16(12-28)14(9-25)10-26/h1-6H. The van der Waals surface area contributed by atoms with Gasteiger partial charge >= 0.3 is 0 Å². The molecule has 0 fully saturated rings. The summed E-state index contributed by atoms with van der Waals surface area (Å²) in [7, 11) is 0. The van der Waals surface area contributed by atoms with Crippen molar-refractivity contribution in [1.29, 1.82) is 31.6 Å². The average molecular weight is 451 g/mol. The van der Waals surface area contributed by atoms with E-state index in [1.54, 1.807) is 36.4 Å². The molecular formula is C22H6N6S3. The van der Waals surface area contributed by atoms with Crippen LogP contribution in [0.3, 0.4) is 0 Å². The molecule has 0 atom stereocenters. The molecule has 142 valence electrons. The average Bonchev–Trinajstić information content (AvgIpc) is 3.55. The monoisotopic (exact) mass is 450 g/mol. The van der Waals surface area contributed by atoms with E-state index in [1.807, 2.05) is 36.4 Å². The summed E-state index contributed by atoms with van der Waals surface area (Å²) in [5.74, 6) is 0. The molecule has 6 nitrogen and oxygen atoms in total. The molecule has 3 aromatic rings. The molecule has 9 heteroatoms. The van der Waals surface area contributed by atoms with Gasteiger partial charge in [-0.3, -0.25) is 0 Å². The van der Waals surface area contributed by atoms with Gasteiger partial charge in [0.1, 0.15) is 47.6 Å². The minimum absolute atomic E-state index is 0.0579. The van der Waals surface area contributed by atoms with Crippen molar-refractivity contribution < 1.29 is 0 Å². The van der Waals surface area contributed by atoms with Gasteiger partial charge in [-0.2, -0.15) is 31.6 Å². The van der Waals surface area contributed by atoms with E-state index >= 15 is 0 Å². The fourth-order valence-electron chi connectivity index (χ4n) is 2.55. The van der Waals surface area contributed by atoms with Crippen molar-refractivity contribution in [1.82, 2.24) is 0 Å². The van der Waals surface area contributed by atoms with Gasteiger partial charge in [-0.25, -0.2) is 0 Å². The number of hydrogen-bond donors (Lipinski definition) is 0. The summed E-state index contributed by atoms with van der Waals surface area (Å²) in [6, 6.07) is 21.8. The lowest BCUT2D eigenvalue weighted by Gasteiger charge is -1.94. The van der Waals surface area contributed by atoms with E-state index < -0.39 is 0 Å². The maximum absolute atomic E-state index is 9.32. The summed E-state index contributed by atoms with van der Waals surface area (Å²) >= 11 is 4.14. The Morgan fingerprint density at radius 1 is 0.452 bits per heavy atom. The SMILES string of the molecule is N#CC(C#N)=C(C#N)c1ccc(-c2ccc(-c3ccc(C(C#N)=C(C#N)C#N)s3)s2)s1. The first-order valence-corrected chi connectivity index (χ1v) is 10.7. The van der Waals surface area contributed by atoms with Crippen LogP contribution in [0.4, 0.5) is 0 Å². The van der Waals surface area contributed by atoms with E-state index in [4.69, 9.17) is 21.0 Å². The van der Waals surface area contributed by atoms with Gasteiger partial charge in [0, 0.05) is 29.3 Å². The van der Waals surface area contributed by atoms with E-state index in [0.29, 0.717) is 9.75 Å². The first-order valence-electron chi connectivity index (χ1n) is 8.30.